The molecule has 4 nitrogen and oxygen atoms in total. The molecule has 6 heteroatoms. The maximum absolute atomic E-state index is 12.3. The van der Waals surface area contributed by atoms with Crippen molar-refractivity contribution in [3.05, 3.63) is 75.7 Å². The fourth-order valence-electron chi connectivity index (χ4n) is 3.32. The zero-order valence-electron chi connectivity index (χ0n) is 14.9. The zero-order valence-corrected chi connectivity index (χ0v) is 16.5. The van der Waals surface area contributed by atoms with Gasteiger partial charge in [-0.15, -0.1) is 0 Å². The average molecular weight is 399 g/mol. The van der Waals surface area contributed by atoms with E-state index in [0.29, 0.717) is 9.93 Å². The fourth-order valence-corrected chi connectivity index (χ4v) is 4.41. The third-order valence-corrected chi connectivity index (χ3v) is 6.11. The lowest BCUT2D eigenvalue weighted by molar-refractivity contribution is -0.917. The molecule has 0 saturated carbocycles. The van der Waals surface area contributed by atoms with E-state index in [0.717, 1.165) is 43.5 Å². The monoisotopic (exact) mass is 398 g/mol. The number of benzene rings is 2. The van der Waals surface area contributed by atoms with Crippen molar-refractivity contribution in [1.29, 1.82) is 0 Å². The Balaban J connectivity index is 1.34. The molecule has 0 spiro atoms. The topological polar surface area (TPSA) is 37.1 Å². The molecule has 0 atom stereocenters. The first-order chi connectivity index (χ1) is 13.2. The van der Waals surface area contributed by atoms with Gasteiger partial charge in [0.2, 0.25) is 0 Å². The summed E-state index contributed by atoms with van der Waals surface area (Å²) in [6.45, 7) is 5.01. The summed E-state index contributed by atoms with van der Waals surface area (Å²) in [4.78, 5) is 21.0. The van der Waals surface area contributed by atoms with Gasteiger partial charge in [0.25, 0.3) is 5.91 Å². The smallest absolute Gasteiger partial charge is 0.286 e. The molecule has 2 aromatic carbocycles. The summed E-state index contributed by atoms with van der Waals surface area (Å²) in [5.74, 6) is -0.149. The highest BCUT2D eigenvalue weighted by Gasteiger charge is 2.29. The lowest BCUT2D eigenvalue weighted by Crippen LogP contribution is -3.13. The Morgan fingerprint density at radius 1 is 1.07 bits per heavy atom. The van der Waals surface area contributed by atoms with Gasteiger partial charge < -0.3 is 9.80 Å². The van der Waals surface area contributed by atoms with E-state index in [-0.39, 0.29) is 5.91 Å². The summed E-state index contributed by atoms with van der Waals surface area (Å²) in [7, 11) is 0. The molecule has 0 bridgehead atoms. The van der Waals surface area contributed by atoms with Crippen LogP contribution in [0, 0.1) is 0 Å². The molecule has 1 N–H and O–H groups in total. The predicted octanol–water partition coefficient (Wildman–Crippen LogP) is 2.71. The predicted molar refractivity (Wildman–Crippen MR) is 112 cm³/mol. The Labute approximate surface area is 168 Å². The van der Waals surface area contributed by atoms with Gasteiger partial charge in [0.05, 0.1) is 31.1 Å². The maximum Gasteiger partial charge on any atom is 0.286 e. The molecule has 0 aliphatic carbocycles. The molecule has 1 amide bonds. The first kappa shape index (κ1) is 18.3. The molecule has 2 heterocycles. The number of carbonyl (C=O) groups excluding carboxylic acids is 1. The van der Waals surface area contributed by atoms with E-state index in [2.05, 4.69) is 40.2 Å². The SMILES string of the molecule is O=C1N=C(N2CC[NH+](Cc3ccccc3)CC2)S/C1=C/c1ccc(Cl)cc1. The quantitative estimate of drug-likeness (QED) is 0.808. The van der Waals surface area contributed by atoms with Gasteiger partial charge in [-0.05, 0) is 35.5 Å². The highest BCUT2D eigenvalue weighted by Crippen LogP contribution is 2.30. The van der Waals surface area contributed by atoms with Crippen molar-refractivity contribution in [2.45, 2.75) is 6.54 Å². The van der Waals surface area contributed by atoms with Gasteiger partial charge in [0, 0.05) is 10.6 Å². The van der Waals surface area contributed by atoms with Crippen LogP contribution >= 0.6 is 23.4 Å². The van der Waals surface area contributed by atoms with Gasteiger partial charge in [-0.2, -0.15) is 4.99 Å². The van der Waals surface area contributed by atoms with Crippen molar-refractivity contribution in [2.75, 3.05) is 26.2 Å². The fraction of sp³-hybridized carbons (Fsp3) is 0.238. The van der Waals surface area contributed by atoms with Crippen LogP contribution in [-0.4, -0.2) is 42.2 Å². The number of amides is 1. The second-order valence-electron chi connectivity index (χ2n) is 6.76. The third-order valence-electron chi connectivity index (χ3n) is 4.82. The number of hydrogen-bond donors (Lipinski definition) is 1. The molecule has 2 aliphatic rings. The Hall–Kier alpha value is -2.08. The van der Waals surface area contributed by atoms with Crippen LogP contribution in [0.25, 0.3) is 6.08 Å². The van der Waals surface area contributed by atoms with Crippen molar-refractivity contribution < 1.29 is 9.69 Å². The summed E-state index contributed by atoms with van der Waals surface area (Å²) >= 11 is 7.40. The molecule has 0 radical (unpaired) electrons. The van der Waals surface area contributed by atoms with Crippen LogP contribution in [0.5, 0.6) is 0 Å². The molecule has 0 aromatic heterocycles. The van der Waals surface area contributed by atoms with E-state index in [1.807, 2.05) is 30.3 Å². The number of halogens is 1. The van der Waals surface area contributed by atoms with Gasteiger partial charge in [-0.25, -0.2) is 0 Å². The molecule has 4 rings (SSSR count). The van der Waals surface area contributed by atoms with Crippen molar-refractivity contribution in [2.24, 2.45) is 4.99 Å². The Kier molecular flexibility index (Phi) is 5.62. The van der Waals surface area contributed by atoms with Gasteiger partial charge in [-0.3, -0.25) is 4.79 Å². The number of rotatable bonds is 3. The van der Waals surface area contributed by atoms with Crippen molar-refractivity contribution in [3.63, 3.8) is 0 Å². The molecule has 27 heavy (non-hydrogen) atoms. The molecule has 138 valence electrons. The standard InChI is InChI=1S/C21H20ClN3OS/c22-18-8-6-16(7-9-18)14-19-20(26)23-21(27-19)25-12-10-24(11-13-25)15-17-4-2-1-3-5-17/h1-9,14H,10-13,15H2/p+1/b19-14+. The Morgan fingerprint density at radius 2 is 1.78 bits per heavy atom. The van der Waals surface area contributed by atoms with Gasteiger partial charge in [0.15, 0.2) is 5.17 Å². The Morgan fingerprint density at radius 3 is 2.48 bits per heavy atom. The number of nitrogens with one attached hydrogen (secondary N) is 1. The lowest BCUT2D eigenvalue weighted by atomic mass is 10.2. The molecule has 1 fully saturated rings. The molecule has 1 saturated heterocycles. The summed E-state index contributed by atoms with van der Waals surface area (Å²) in [5.41, 5.74) is 2.33. The highest BCUT2D eigenvalue weighted by atomic mass is 35.5. The third kappa shape index (κ3) is 4.61. The number of quaternary nitrogens is 1. The number of aliphatic imine (C=N–C) groups is 1. The van der Waals surface area contributed by atoms with Crippen LogP contribution in [0.3, 0.4) is 0 Å². The Bertz CT molecular complexity index is 872. The summed E-state index contributed by atoms with van der Waals surface area (Å²) < 4.78 is 0. The molecule has 2 aromatic rings. The van der Waals surface area contributed by atoms with E-state index in [9.17, 15) is 4.79 Å². The van der Waals surface area contributed by atoms with E-state index in [4.69, 9.17) is 11.6 Å². The van der Waals surface area contributed by atoms with E-state index >= 15 is 0 Å². The van der Waals surface area contributed by atoms with Crippen LogP contribution in [0.2, 0.25) is 5.02 Å². The van der Waals surface area contributed by atoms with Gasteiger partial charge in [-0.1, -0.05) is 54.1 Å². The van der Waals surface area contributed by atoms with Gasteiger partial charge in [0.1, 0.15) is 6.54 Å². The van der Waals surface area contributed by atoms with E-state index < -0.39 is 0 Å². The summed E-state index contributed by atoms with van der Waals surface area (Å²) in [6, 6.07) is 18.1. The molecular weight excluding hydrogens is 378 g/mol. The first-order valence-electron chi connectivity index (χ1n) is 9.08. The van der Waals surface area contributed by atoms with Crippen LogP contribution < -0.4 is 4.90 Å². The summed E-state index contributed by atoms with van der Waals surface area (Å²) in [6.07, 6.45) is 1.89. The van der Waals surface area contributed by atoms with Crippen LogP contribution in [0.1, 0.15) is 11.1 Å². The van der Waals surface area contributed by atoms with E-state index in [1.165, 1.54) is 17.3 Å². The van der Waals surface area contributed by atoms with Gasteiger partial charge >= 0.3 is 0 Å². The normalized spacial score (nSPS) is 19.6. The minimum absolute atomic E-state index is 0.149. The number of piperazine rings is 1. The molecule has 0 unspecified atom stereocenters. The van der Waals surface area contributed by atoms with Crippen LogP contribution in [-0.2, 0) is 11.3 Å². The largest absolute Gasteiger partial charge is 0.339 e. The zero-order chi connectivity index (χ0) is 18.6. The van der Waals surface area contributed by atoms with Crippen LogP contribution in [0.15, 0.2) is 64.5 Å². The number of amidine groups is 1. The highest BCUT2D eigenvalue weighted by molar-refractivity contribution is 8.18. The average Bonchev–Trinajstić information content (AvgIpc) is 3.05. The lowest BCUT2D eigenvalue weighted by Gasteiger charge is -2.32. The minimum Gasteiger partial charge on any atom is -0.339 e. The maximum atomic E-state index is 12.3. The number of carbonyl (C=O) groups is 1. The second-order valence-corrected chi connectivity index (χ2v) is 8.21. The number of nitrogens with zero attached hydrogens (tertiary/aromatic N) is 2. The number of thioether (sulfide) groups is 1. The van der Waals surface area contributed by atoms with E-state index in [1.54, 1.807) is 4.90 Å². The first-order valence-corrected chi connectivity index (χ1v) is 10.3. The van der Waals surface area contributed by atoms with Crippen molar-refractivity contribution in [1.82, 2.24) is 4.90 Å². The van der Waals surface area contributed by atoms with Crippen LogP contribution in [0.4, 0.5) is 0 Å². The molecule has 2 aliphatic heterocycles. The second kappa shape index (κ2) is 8.30. The summed E-state index contributed by atoms with van der Waals surface area (Å²) in [5, 5.41) is 1.52. The minimum atomic E-state index is -0.149. The molecular formula is C21H21ClN3OS+. The van der Waals surface area contributed by atoms with Crippen molar-refractivity contribution >= 4 is 40.5 Å². The van der Waals surface area contributed by atoms with Crippen molar-refractivity contribution in [3.8, 4) is 0 Å². The number of hydrogen-bond acceptors (Lipinski definition) is 3.